The van der Waals surface area contributed by atoms with Crippen LogP contribution in [0.3, 0.4) is 0 Å². The van der Waals surface area contributed by atoms with E-state index < -0.39 is 0 Å². The predicted molar refractivity (Wildman–Crippen MR) is 219 cm³/mol. The summed E-state index contributed by atoms with van der Waals surface area (Å²) in [6, 6.07) is 66.7. The first-order valence-electron chi connectivity index (χ1n) is 17.4. The fourth-order valence-corrected chi connectivity index (χ4v) is 9.23. The van der Waals surface area contributed by atoms with E-state index in [9.17, 15) is 0 Å². The molecular formula is C48H30N2S. The van der Waals surface area contributed by atoms with Crippen molar-refractivity contribution in [1.29, 1.82) is 0 Å². The van der Waals surface area contributed by atoms with Crippen molar-refractivity contribution in [2.24, 2.45) is 0 Å². The summed E-state index contributed by atoms with van der Waals surface area (Å²) in [6.45, 7) is 0. The number of rotatable bonds is 4. The van der Waals surface area contributed by atoms with E-state index in [1.807, 2.05) is 11.3 Å². The molecule has 8 aromatic carbocycles. The van der Waals surface area contributed by atoms with Gasteiger partial charge in [0.15, 0.2) is 0 Å². The molecule has 0 bridgehead atoms. The fraction of sp³-hybridized carbons (Fsp3) is 0. The van der Waals surface area contributed by atoms with Crippen molar-refractivity contribution in [3.05, 3.63) is 182 Å². The van der Waals surface area contributed by atoms with Crippen molar-refractivity contribution in [2.45, 2.75) is 0 Å². The Morgan fingerprint density at radius 2 is 0.804 bits per heavy atom. The van der Waals surface area contributed by atoms with Crippen molar-refractivity contribution >= 4 is 75.1 Å². The lowest BCUT2D eigenvalue weighted by atomic mass is 9.98. The predicted octanol–water partition coefficient (Wildman–Crippen LogP) is 13.6. The van der Waals surface area contributed by atoms with Crippen LogP contribution in [0.1, 0.15) is 0 Å². The minimum atomic E-state index is 1.17. The molecule has 0 saturated carbocycles. The molecule has 0 aliphatic heterocycles. The highest BCUT2D eigenvalue weighted by Gasteiger charge is 2.16. The lowest BCUT2D eigenvalue weighted by Crippen LogP contribution is -1.93. The molecular weight excluding hydrogens is 637 g/mol. The number of hydrogen-bond acceptors (Lipinski definition) is 1. The summed E-state index contributed by atoms with van der Waals surface area (Å²) in [4.78, 5) is 0. The van der Waals surface area contributed by atoms with Gasteiger partial charge in [0.1, 0.15) is 0 Å². The van der Waals surface area contributed by atoms with Crippen LogP contribution in [0.4, 0.5) is 0 Å². The van der Waals surface area contributed by atoms with Gasteiger partial charge in [0.2, 0.25) is 0 Å². The van der Waals surface area contributed by atoms with Crippen molar-refractivity contribution < 1.29 is 0 Å². The van der Waals surface area contributed by atoms with Crippen LogP contribution < -0.4 is 0 Å². The number of fused-ring (bicyclic) bond motifs is 9. The summed E-state index contributed by atoms with van der Waals surface area (Å²) >= 11 is 1.86. The second kappa shape index (κ2) is 11.0. The summed E-state index contributed by atoms with van der Waals surface area (Å²) in [7, 11) is 0. The van der Waals surface area contributed by atoms with Gasteiger partial charge in [-0.1, -0.05) is 115 Å². The van der Waals surface area contributed by atoms with Crippen LogP contribution in [0.5, 0.6) is 0 Å². The maximum Gasteiger partial charge on any atom is 0.0547 e. The van der Waals surface area contributed by atoms with Crippen LogP contribution in [0.15, 0.2) is 182 Å². The third kappa shape index (κ3) is 4.35. The van der Waals surface area contributed by atoms with Crippen molar-refractivity contribution in [1.82, 2.24) is 9.13 Å². The van der Waals surface area contributed by atoms with Gasteiger partial charge in [-0.15, -0.1) is 11.3 Å². The second-order valence-corrected chi connectivity index (χ2v) is 14.4. The summed E-state index contributed by atoms with van der Waals surface area (Å²) in [5.74, 6) is 0. The first-order chi connectivity index (χ1) is 25.3. The molecule has 3 heteroatoms. The van der Waals surface area contributed by atoms with Gasteiger partial charge < -0.3 is 9.13 Å². The van der Waals surface area contributed by atoms with E-state index in [1.54, 1.807) is 0 Å². The minimum Gasteiger partial charge on any atom is -0.309 e. The highest BCUT2D eigenvalue weighted by Crippen LogP contribution is 2.40. The molecule has 0 aliphatic carbocycles. The number of thiophene rings is 1. The number of nitrogens with zero attached hydrogens (tertiary/aromatic N) is 2. The van der Waals surface area contributed by atoms with Crippen LogP contribution in [-0.4, -0.2) is 9.13 Å². The Kier molecular flexibility index (Phi) is 6.16. The molecule has 11 rings (SSSR count). The monoisotopic (exact) mass is 666 g/mol. The maximum atomic E-state index is 2.42. The Hall–Kier alpha value is -6.42. The summed E-state index contributed by atoms with van der Waals surface area (Å²) in [6.07, 6.45) is 0. The quantitative estimate of drug-likeness (QED) is 0.177. The van der Waals surface area contributed by atoms with Crippen LogP contribution in [0, 0.1) is 0 Å². The molecule has 0 amide bonds. The molecule has 11 aromatic rings. The average Bonchev–Trinajstić information content (AvgIpc) is 3.85. The molecule has 0 radical (unpaired) electrons. The molecule has 238 valence electrons. The van der Waals surface area contributed by atoms with Gasteiger partial charge in [0, 0.05) is 53.1 Å². The summed E-state index contributed by atoms with van der Waals surface area (Å²) in [5.41, 5.74) is 12.1. The molecule has 2 nitrogen and oxygen atoms in total. The third-order valence-corrected chi connectivity index (χ3v) is 11.7. The van der Waals surface area contributed by atoms with Crippen LogP contribution in [0.25, 0.3) is 97.4 Å². The van der Waals surface area contributed by atoms with Gasteiger partial charge >= 0.3 is 0 Å². The Morgan fingerprint density at radius 1 is 0.275 bits per heavy atom. The molecule has 0 fully saturated rings. The van der Waals surface area contributed by atoms with E-state index in [0.29, 0.717) is 0 Å². The van der Waals surface area contributed by atoms with Crippen molar-refractivity contribution in [3.63, 3.8) is 0 Å². The van der Waals surface area contributed by atoms with Gasteiger partial charge in [0.25, 0.3) is 0 Å². The lowest BCUT2D eigenvalue weighted by Gasteiger charge is -2.10. The van der Waals surface area contributed by atoms with E-state index in [-0.39, 0.29) is 0 Å². The maximum absolute atomic E-state index is 2.42. The van der Waals surface area contributed by atoms with E-state index in [4.69, 9.17) is 0 Å². The van der Waals surface area contributed by atoms with Crippen LogP contribution >= 0.6 is 11.3 Å². The molecule has 0 aliphatic rings. The normalized spacial score (nSPS) is 11.9. The lowest BCUT2D eigenvalue weighted by molar-refractivity contribution is 1.18. The van der Waals surface area contributed by atoms with E-state index in [1.165, 1.54) is 97.4 Å². The standard InChI is InChI=1S/C48H30N2S/c1-2-10-35(11-3-1)49-43-15-7-4-12-37(43)39-25-22-34(29-46(39)49)32-20-18-31(19-21-32)33-23-26-45-41(28-33)38-13-5-8-16-44(38)50(45)36-24-27-48-42(30-36)40-14-6-9-17-47(40)51-48/h1-30H. The fourth-order valence-electron chi connectivity index (χ4n) is 8.14. The SMILES string of the molecule is c1ccc(-n2c3ccccc3c3ccc(-c4ccc(-c5ccc6c(c5)c5ccccc5n6-c5ccc6sc7ccccc7c6c5)cc4)cc32)cc1. The van der Waals surface area contributed by atoms with Crippen LogP contribution in [0.2, 0.25) is 0 Å². The molecule has 3 heterocycles. The Balaban J connectivity index is 1.00. The first kappa shape index (κ1) is 28.4. The second-order valence-electron chi connectivity index (χ2n) is 13.4. The van der Waals surface area contributed by atoms with Gasteiger partial charge in [-0.2, -0.15) is 0 Å². The van der Waals surface area contributed by atoms with E-state index >= 15 is 0 Å². The molecule has 0 unspecified atom stereocenters. The minimum absolute atomic E-state index is 1.17. The van der Waals surface area contributed by atoms with E-state index in [2.05, 4.69) is 191 Å². The molecule has 0 N–H and O–H groups in total. The number of benzene rings is 8. The zero-order valence-corrected chi connectivity index (χ0v) is 28.4. The molecule has 0 saturated heterocycles. The smallest absolute Gasteiger partial charge is 0.0547 e. The summed E-state index contributed by atoms with van der Waals surface area (Å²) < 4.78 is 7.46. The van der Waals surface area contributed by atoms with Gasteiger partial charge in [-0.05, 0) is 89.0 Å². The Labute approximate surface area is 298 Å². The zero-order valence-electron chi connectivity index (χ0n) is 27.6. The highest BCUT2D eigenvalue weighted by molar-refractivity contribution is 7.25. The topological polar surface area (TPSA) is 9.86 Å². The zero-order chi connectivity index (χ0) is 33.5. The van der Waals surface area contributed by atoms with Gasteiger partial charge in [-0.3, -0.25) is 0 Å². The molecule has 0 spiro atoms. The number of aromatic nitrogens is 2. The highest BCUT2D eigenvalue weighted by atomic mass is 32.1. The van der Waals surface area contributed by atoms with Gasteiger partial charge in [0.05, 0.1) is 22.1 Å². The molecule has 0 atom stereocenters. The Bertz CT molecular complexity index is 3120. The first-order valence-corrected chi connectivity index (χ1v) is 18.2. The Morgan fingerprint density at radius 3 is 1.57 bits per heavy atom. The van der Waals surface area contributed by atoms with Crippen molar-refractivity contribution in [3.8, 4) is 33.6 Å². The average molecular weight is 667 g/mol. The molecule has 51 heavy (non-hydrogen) atoms. The number of hydrogen-bond donors (Lipinski definition) is 0. The molecule has 3 aromatic heterocycles. The largest absolute Gasteiger partial charge is 0.309 e. The number of para-hydroxylation sites is 3. The van der Waals surface area contributed by atoms with Gasteiger partial charge in [-0.25, -0.2) is 0 Å². The third-order valence-electron chi connectivity index (χ3n) is 10.5. The van der Waals surface area contributed by atoms with E-state index in [0.717, 1.165) is 0 Å². The summed E-state index contributed by atoms with van der Waals surface area (Å²) in [5, 5.41) is 7.71. The van der Waals surface area contributed by atoms with Crippen LogP contribution in [-0.2, 0) is 0 Å². The van der Waals surface area contributed by atoms with Crippen molar-refractivity contribution in [2.75, 3.05) is 0 Å².